The molecule has 0 saturated heterocycles. The first-order valence-corrected chi connectivity index (χ1v) is 7.45. The molecule has 1 N–H and O–H groups in total. The Bertz CT molecular complexity index is 836. The third-order valence-corrected chi connectivity index (χ3v) is 3.37. The number of benzene rings is 2. The molecule has 8 heteroatoms. The molecular formula is C17H14ClN2O5-. The van der Waals surface area contributed by atoms with E-state index in [0.29, 0.717) is 27.8 Å². The van der Waals surface area contributed by atoms with Crippen LogP contribution in [0.4, 0.5) is 5.69 Å². The van der Waals surface area contributed by atoms with Gasteiger partial charge < -0.3 is 19.4 Å². The summed E-state index contributed by atoms with van der Waals surface area (Å²) in [6, 6.07) is 8.96. The minimum Gasteiger partial charge on any atom is -0.545 e. The Labute approximate surface area is 148 Å². The summed E-state index contributed by atoms with van der Waals surface area (Å²) in [6.07, 6.45) is 1.47. The lowest BCUT2D eigenvalue weighted by Crippen LogP contribution is -2.22. The highest BCUT2D eigenvalue weighted by molar-refractivity contribution is 6.33. The number of aromatic carboxylic acids is 1. The maximum atomic E-state index is 11.0. The Morgan fingerprint density at radius 1 is 1.20 bits per heavy atom. The predicted octanol–water partition coefficient (Wildman–Crippen LogP) is 2.08. The zero-order valence-corrected chi connectivity index (χ0v) is 14.2. The number of rotatable bonds is 6. The van der Waals surface area contributed by atoms with Gasteiger partial charge in [-0.1, -0.05) is 17.7 Å². The number of hydrogen-bond acceptors (Lipinski definition) is 7. The Morgan fingerprint density at radius 3 is 2.60 bits per heavy atom. The number of ether oxygens (including phenoxy) is 2. The molecule has 2 rings (SSSR count). The van der Waals surface area contributed by atoms with E-state index in [9.17, 15) is 14.7 Å². The zero-order valence-electron chi connectivity index (χ0n) is 13.4. The normalized spacial score (nSPS) is 10.5. The fourth-order valence-electron chi connectivity index (χ4n) is 1.92. The van der Waals surface area contributed by atoms with Crippen LogP contribution in [0.1, 0.15) is 22.8 Å². The molecule has 0 spiro atoms. The topological polar surface area (TPSA) is 100 Å². The number of carbonyl (C=O) groups excluding carboxylic acids is 2. The van der Waals surface area contributed by atoms with Crippen molar-refractivity contribution in [2.45, 2.75) is 6.92 Å². The van der Waals surface area contributed by atoms with Crippen LogP contribution in [0.2, 0.25) is 5.02 Å². The van der Waals surface area contributed by atoms with Crippen LogP contribution in [-0.2, 0) is 4.79 Å². The summed E-state index contributed by atoms with van der Waals surface area (Å²) in [7, 11) is 1.45. The summed E-state index contributed by atoms with van der Waals surface area (Å²) in [5, 5.41) is 15.2. The fraction of sp³-hybridized carbons (Fsp3) is 0.118. The molecule has 0 atom stereocenters. The van der Waals surface area contributed by atoms with E-state index in [0.717, 1.165) is 0 Å². The van der Waals surface area contributed by atoms with Gasteiger partial charge in [-0.05, 0) is 41.5 Å². The molecule has 7 nitrogen and oxygen atoms in total. The number of hydrazone groups is 1. The van der Waals surface area contributed by atoms with Crippen LogP contribution in [0.25, 0.3) is 0 Å². The summed E-state index contributed by atoms with van der Waals surface area (Å²) in [5.41, 5.74) is 3.62. The molecule has 25 heavy (non-hydrogen) atoms. The summed E-state index contributed by atoms with van der Waals surface area (Å²) >= 11 is 5.98. The Morgan fingerprint density at radius 2 is 1.96 bits per heavy atom. The van der Waals surface area contributed by atoms with Crippen molar-refractivity contribution in [2.75, 3.05) is 12.5 Å². The fourth-order valence-corrected chi connectivity index (χ4v) is 2.08. The number of carboxylic acids is 1. The number of halogens is 1. The first-order chi connectivity index (χ1) is 11.9. The maximum absolute atomic E-state index is 11.0. The van der Waals surface area contributed by atoms with Gasteiger partial charge in [0.25, 0.3) is 0 Å². The molecule has 0 unspecified atom stereocenters. The van der Waals surface area contributed by atoms with Crippen molar-refractivity contribution in [3.05, 3.63) is 52.5 Å². The number of carbonyl (C=O) groups is 2. The number of carboxylic acid groups (broad SMARTS) is 1. The molecule has 0 heterocycles. The Balaban J connectivity index is 2.16. The van der Waals surface area contributed by atoms with Crippen LogP contribution in [0.15, 0.2) is 41.5 Å². The molecule has 130 valence electrons. The van der Waals surface area contributed by atoms with E-state index < -0.39 is 11.9 Å². The van der Waals surface area contributed by atoms with Crippen LogP contribution in [0.5, 0.6) is 11.5 Å². The second-order valence-corrected chi connectivity index (χ2v) is 5.26. The monoisotopic (exact) mass is 361 g/mol. The predicted molar refractivity (Wildman–Crippen MR) is 91.3 cm³/mol. The van der Waals surface area contributed by atoms with Crippen LogP contribution in [-0.4, -0.2) is 25.3 Å². The molecule has 2 aromatic carbocycles. The van der Waals surface area contributed by atoms with E-state index in [2.05, 4.69) is 10.5 Å². The van der Waals surface area contributed by atoms with Gasteiger partial charge >= 0.3 is 5.97 Å². The molecule has 0 saturated carbocycles. The average molecular weight is 362 g/mol. The van der Waals surface area contributed by atoms with Crippen LogP contribution >= 0.6 is 11.6 Å². The van der Waals surface area contributed by atoms with Gasteiger partial charge in [0, 0.05) is 6.92 Å². The van der Waals surface area contributed by atoms with Gasteiger partial charge in [-0.25, -0.2) is 0 Å². The highest BCUT2D eigenvalue weighted by atomic mass is 35.5. The number of nitrogens with one attached hydrogen (secondary N) is 1. The van der Waals surface area contributed by atoms with Gasteiger partial charge in [0.1, 0.15) is 0 Å². The molecule has 0 fully saturated rings. The van der Waals surface area contributed by atoms with Gasteiger partial charge in [0.2, 0.25) is 0 Å². The van der Waals surface area contributed by atoms with E-state index in [1.54, 1.807) is 18.2 Å². The first kappa shape index (κ1) is 18.3. The maximum Gasteiger partial charge on any atom is 0.308 e. The van der Waals surface area contributed by atoms with E-state index in [4.69, 9.17) is 21.1 Å². The summed E-state index contributed by atoms with van der Waals surface area (Å²) in [5.74, 6) is -1.10. The summed E-state index contributed by atoms with van der Waals surface area (Å²) in [4.78, 5) is 21.9. The number of hydrogen-bond donors (Lipinski definition) is 1. The molecule has 2 aromatic rings. The molecular weight excluding hydrogens is 348 g/mol. The lowest BCUT2D eigenvalue weighted by molar-refractivity contribution is -0.255. The third-order valence-electron chi connectivity index (χ3n) is 3.04. The first-order valence-electron chi connectivity index (χ1n) is 7.07. The van der Waals surface area contributed by atoms with Crippen molar-refractivity contribution in [2.24, 2.45) is 5.10 Å². The molecule has 0 aliphatic heterocycles. The SMILES string of the molecule is COc1cc(/C=N\Nc2cc(C(=O)[O-])ccc2Cl)ccc1OC(C)=O. The average Bonchev–Trinajstić information content (AvgIpc) is 2.57. The number of methoxy groups -OCH3 is 1. The van der Waals surface area contributed by atoms with Crippen molar-refractivity contribution in [3.8, 4) is 11.5 Å². The lowest BCUT2D eigenvalue weighted by atomic mass is 10.2. The molecule has 0 aliphatic rings. The highest BCUT2D eigenvalue weighted by Crippen LogP contribution is 2.28. The molecule has 0 radical (unpaired) electrons. The Hall–Kier alpha value is -3.06. The van der Waals surface area contributed by atoms with Gasteiger partial charge in [-0.15, -0.1) is 0 Å². The number of anilines is 1. The number of esters is 1. The van der Waals surface area contributed by atoms with Crippen molar-refractivity contribution in [1.82, 2.24) is 0 Å². The summed E-state index contributed by atoms with van der Waals surface area (Å²) < 4.78 is 10.2. The second-order valence-electron chi connectivity index (χ2n) is 4.86. The van der Waals surface area contributed by atoms with Crippen LogP contribution < -0.4 is 20.0 Å². The van der Waals surface area contributed by atoms with Gasteiger partial charge in [-0.3, -0.25) is 10.2 Å². The van der Waals surface area contributed by atoms with Crippen molar-refractivity contribution in [3.63, 3.8) is 0 Å². The quantitative estimate of drug-likeness (QED) is 0.366. The van der Waals surface area contributed by atoms with E-state index >= 15 is 0 Å². The zero-order chi connectivity index (χ0) is 18.4. The van der Waals surface area contributed by atoms with E-state index in [1.165, 1.54) is 38.4 Å². The molecule has 0 aromatic heterocycles. The van der Waals surface area contributed by atoms with Gasteiger partial charge in [0.05, 0.1) is 30.0 Å². The van der Waals surface area contributed by atoms with Crippen molar-refractivity contribution in [1.29, 1.82) is 0 Å². The second kappa shape index (κ2) is 8.16. The van der Waals surface area contributed by atoms with E-state index in [-0.39, 0.29) is 5.56 Å². The van der Waals surface area contributed by atoms with Crippen LogP contribution in [0, 0.1) is 0 Å². The largest absolute Gasteiger partial charge is 0.545 e. The van der Waals surface area contributed by atoms with E-state index in [1.807, 2.05) is 0 Å². The van der Waals surface area contributed by atoms with Gasteiger partial charge in [0.15, 0.2) is 11.5 Å². The smallest absolute Gasteiger partial charge is 0.308 e. The van der Waals surface area contributed by atoms with Gasteiger partial charge in [-0.2, -0.15) is 5.10 Å². The lowest BCUT2D eigenvalue weighted by Gasteiger charge is -2.09. The molecule has 0 bridgehead atoms. The minimum absolute atomic E-state index is 0.0190. The standard InChI is InChI=1S/C17H15ClN2O5/c1-10(21)25-15-6-3-11(7-16(15)24-2)9-19-20-14-8-12(17(22)23)4-5-13(14)18/h3-9,20H,1-2H3,(H,22,23)/p-1/b19-9-. The Kier molecular flexibility index (Phi) is 5.97. The highest BCUT2D eigenvalue weighted by Gasteiger charge is 2.07. The van der Waals surface area contributed by atoms with Crippen molar-refractivity contribution >= 4 is 35.4 Å². The van der Waals surface area contributed by atoms with Crippen molar-refractivity contribution < 1.29 is 24.2 Å². The molecule has 0 amide bonds. The molecule has 0 aliphatic carbocycles. The van der Waals surface area contributed by atoms with Crippen LogP contribution in [0.3, 0.4) is 0 Å². The summed E-state index contributed by atoms with van der Waals surface area (Å²) in [6.45, 7) is 1.29. The minimum atomic E-state index is -1.31. The number of nitrogens with zero attached hydrogens (tertiary/aromatic N) is 1. The third kappa shape index (κ3) is 4.95.